The molecule has 1 aromatic heterocycles. The van der Waals surface area contributed by atoms with Crippen LogP contribution in [0.5, 0.6) is 0 Å². The Hall–Kier alpha value is -1.13. The van der Waals surface area contributed by atoms with Crippen molar-refractivity contribution < 1.29 is 5.11 Å². The highest BCUT2D eigenvalue weighted by Gasteiger charge is 2.22. The lowest BCUT2D eigenvalue weighted by Gasteiger charge is -2.26. The molecule has 1 saturated heterocycles. The van der Waals surface area contributed by atoms with Gasteiger partial charge >= 0.3 is 0 Å². The van der Waals surface area contributed by atoms with E-state index in [-0.39, 0.29) is 6.61 Å². The normalized spacial score (nSPS) is 20.8. The number of likely N-dealkylation sites (tertiary alicyclic amines) is 1. The van der Waals surface area contributed by atoms with Crippen LogP contribution in [0.15, 0.2) is 18.3 Å². The summed E-state index contributed by atoms with van der Waals surface area (Å²) >= 11 is 0. The summed E-state index contributed by atoms with van der Waals surface area (Å²) < 4.78 is 0. The third kappa shape index (κ3) is 2.96. The Kier molecular flexibility index (Phi) is 3.97. The highest BCUT2D eigenvalue weighted by Crippen LogP contribution is 2.18. The van der Waals surface area contributed by atoms with Gasteiger partial charge in [0.1, 0.15) is 5.82 Å². The van der Waals surface area contributed by atoms with Crippen LogP contribution >= 0.6 is 0 Å². The Morgan fingerprint density at radius 3 is 2.88 bits per heavy atom. The van der Waals surface area contributed by atoms with E-state index in [4.69, 9.17) is 5.11 Å². The Morgan fingerprint density at radius 2 is 2.35 bits per heavy atom. The third-order valence-corrected chi connectivity index (χ3v) is 3.54. The van der Waals surface area contributed by atoms with Crippen molar-refractivity contribution in [3.05, 3.63) is 23.9 Å². The van der Waals surface area contributed by atoms with Gasteiger partial charge in [0.05, 0.1) is 6.61 Å². The van der Waals surface area contributed by atoms with Gasteiger partial charge in [-0.2, -0.15) is 0 Å². The number of hydrogen-bond donors (Lipinski definition) is 1. The van der Waals surface area contributed by atoms with Crippen LogP contribution in [0.2, 0.25) is 0 Å². The smallest absolute Gasteiger partial charge is 0.128 e. The molecule has 1 aromatic rings. The summed E-state index contributed by atoms with van der Waals surface area (Å²) in [6.07, 6.45) is 4.31. The number of aliphatic hydroxyl groups excluding tert-OH is 1. The van der Waals surface area contributed by atoms with Crippen molar-refractivity contribution in [1.82, 2.24) is 9.88 Å². The lowest BCUT2D eigenvalue weighted by atomic mass is 10.2. The predicted octanol–water partition coefficient (Wildman–Crippen LogP) is 1.10. The number of aromatic nitrogens is 1. The minimum atomic E-state index is 0.0579. The average molecular weight is 235 g/mol. The van der Waals surface area contributed by atoms with Gasteiger partial charge in [-0.25, -0.2) is 4.98 Å². The summed E-state index contributed by atoms with van der Waals surface area (Å²) in [7, 11) is 4.26. The number of aliphatic hydroxyl groups is 1. The van der Waals surface area contributed by atoms with Crippen molar-refractivity contribution in [2.24, 2.45) is 0 Å². The molecule has 0 aliphatic carbocycles. The molecule has 4 nitrogen and oxygen atoms in total. The van der Waals surface area contributed by atoms with Gasteiger partial charge in [-0.1, -0.05) is 6.07 Å². The fraction of sp³-hybridized carbons (Fsp3) is 0.615. The molecule has 0 aromatic carbocycles. The Labute approximate surface area is 103 Å². The Bertz CT molecular complexity index is 352. The maximum Gasteiger partial charge on any atom is 0.128 e. The summed E-state index contributed by atoms with van der Waals surface area (Å²) in [6.45, 7) is 2.28. The second kappa shape index (κ2) is 5.47. The quantitative estimate of drug-likeness (QED) is 0.848. The molecule has 1 fully saturated rings. The molecule has 1 aliphatic heterocycles. The van der Waals surface area contributed by atoms with Gasteiger partial charge in [0.2, 0.25) is 0 Å². The van der Waals surface area contributed by atoms with E-state index in [1.54, 1.807) is 6.20 Å². The summed E-state index contributed by atoms with van der Waals surface area (Å²) in [4.78, 5) is 8.97. The third-order valence-electron chi connectivity index (χ3n) is 3.54. The van der Waals surface area contributed by atoms with E-state index in [0.29, 0.717) is 6.04 Å². The first-order valence-corrected chi connectivity index (χ1v) is 6.18. The summed E-state index contributed by atoms with van der Waals surface area (Å²) in [5.41, 5.74) is 0.861. The van der Waals surface area contributed by atoms with Crippen molar-refractivity contribution in [1.29, 1.82) is 0 Å². The van der Waals surface area contributed by atoms with Crippen molar-refractivity contribution in [3.63, 3.8) is 0 Å². The molecular formula is C13H21N3O. The van der Waals surface area contributed by atoms with Crippen molar-refractivity contribution in [2.45, 2.75) is 25.5 Å². The monoisotopic (exact) mass is 235 g/mol. The molecule has 2 heterocycles. The van der Waals surface area contributed by atoms with Crippen molar-refractivity contribution >= 4 is 5.82 Å². The average Bonchev–Trinajstić information content (AvgIpc) is 2.75. The van der Waals surface area contributed by atoms with Gasteiger partial charge in [-0.15, -0.1) is 0 Å². The molecule has 0 amide bonds. The minimum absolute atomic E-state index is 0.0579. The van der Waals surface area contributed by atoms with Gasteiger partial charge in [0.15, 0.2) is 0 Å². The van der Waals surface area contributed by atoms with Crippen LogP contribution in [0.3, 0.4) is 0 Å². The molecule has 4 heteroatoms. The molecule has 1 unspecified atom stereocenters. The van der Waals surface area contributed by atoms with Crippen LogP contribution in [-0.4, -0.2) is 48.2 Å². The van der Waals surface area contributed by atoms with Gasteiger partial charge in [0.25, 0.3) is 0 Å². The van der Waals surface area contributed by atoms with Crippen LogP contribution < -0.4 is 4.90 Å². The SMILES string of the molecule is CN(CC1CCCN1C)c1ccc(CO)cn1. The molecule has 1 atom stereocenters. The maximum absolute atomic E-state index is 8.97. The van der Waals surface area contributed by atoms with Crippen LogP contribution in [-0.2, 0) is 6.61 Å². The maximum atomic E-state index is 8.97. The molecule has 0 bridgehead atoms. The van der Waals surface area contributed by atoms with Crippen LogP contribution in [0.4, 0.5) is 5.82 Å². The van der Waals surface area contributed by atoms with Crippen LogP contribution in [0, 0.1) is 0 Å². The second-order valence-electron chi connectivity index (χ2n) is 4.84. The molecule has 1 N–H and O–H groups in total. The molecule has 0 spiro atoms. The number of nitrogens with zero attached hydrogens (tertiary/aromatic N) is 3. The standard InChI is InChI=1S/C13H21N3O/c1-15-7-3-4-12(15)9-16(2)13-6-5-11(10-17)8-14-13/h5-6,8,12,17H,3-4,7,9-10H2,1-2H3. The molecular weight excluding hydrogens is 214 g/mol. The Balaban J connectivity index is 1.96. The van der Waals surface area contributed by atoms with E-state index in [1.807, 2.05) is 12.1 Å². The molecule has 2 rings (SSSR count). The molecule has 94 valence electrons. The number of anilines is 1. The van der Waals surface area contributed by atoms with E-state index in [1.165, 1.54) is 19.4 Å². The van der Waals surface area contributed by atoms with Crippen LogP contribution in [0.25, 0.3) is 0 Å². The van der Waals surface area contributed by atoms with E-state index >= 15 is 0 Å². The van der Waals surface area contributed by atoms with Gasteiger partial charge in [0, 0.05) is 25.8 Å². The van der Waals surface area contributed by atoms with E-state index in [9.17, 15) is 0 Å². The zero-order chi connectivity index (χ0) is 12.3. The number of hydrogen-bond acceptors (Lipinski definition) is 4. The highest BCUT2D eigenvalue weighted by atomic mass is 16.3. The van der Waals surface area contributed by atoms with Crippen LogP contribution in [0.1, 0.15) is 18.4 Å². The molecule has 0 radical (unpaired) electrons. The lowest BCUT2D eigenvalue weighted by Crippen LogP contribution is -2.36. The largest absolute Gasteiger partial charge is 0.392 e. The molecule has 1 aliphatic rings. The predicted molar refractivity (Wildman–Crippen MR) is 69.1 cm³/mol. The topological polar surface area (TPSA) is 39.6 Å². The minimum Gasteiger partial charge on any atom is -0.392 e. The number of rotatable bonds is 4. The summed E-state index contributed by atoms with van der Waals surface area (Å²) in [5.74, 6) is 0.975. The van der Waals surface area contributed by atoms with Crippen molar-refractivity contribution in [3.8, 4) is 0 Å². The first-order valence-electron chi connectivity index (χ1n) is 6.18. The fourth-order valence-electron chi connectivity index (χ4n) is 2.36. The second-order valence-corrected chi connectivity index (χ2v) is 4.84. The van der Waals surface area contributed by atoms with Gasteiger partial charge < -0.3 is 14.9 Å². The number of pyridine rings is 1. The zero-order valence-electron chi connectivity index (χ0n) is 10.6. The van der Waals surface area contributed by atoms with E-state index in [2.05, 4.69) is 28.9 Å². The van der Waals surface area contributed by atoms with E-state index < -0.39 is 0 Å². The number of likely N-dealkylation sites (N-methyl/N-ethyl adjacent to an activating group) is 2. The summed E-state index contributed by atoms with van der Waals surface area (Å²) in [5, 5.41) is 8.97. The van der Waals surface area contributed by atoms with Gasteiger partial charge in [-0.05, 0) is 38.1 Å². The first kappa shape index (κ1) is 12.3. The summed E-state index contributed by atoms with van der Waals surface area (Å²) in [6, 6.07) is 4.54. The van der Waals surface area contributed by atoms with Crippen molar-refractivity contribution in [2.75, 3.05) is 32.1 Å². The zero-order valence-corrected chi connectivity index (χ0v) is 10.6. The van der Waals surface area contributed by atoms with E-state index in [0.717, 1.165) is 17.9 Å². The first-order chi connectivity index (χ1) is 8.20. The fourth-order valence-corrected chi connectivity index (χ4v) is 2.36. The molecule has 17 heavy (non-hydrogen) atoms. The lowest BCUT2D eigenvalue weighted by molar-refractivity contribution is 0.281. The molecule has 0 saturated carbocycles. The van der Waals surface area contributed by atoms with Gasteiger partial charge in [-0.3, -0.25) is 0 Å². The highest BCUT2D eigenvalue weighted by molar-refractivity contribution is 5.38. The Morgan fingerprint density at radius 1 is 1.53 bits per heavy atom.